The van der Waals surface area contributed by atoms with Crippen molar-refractivity contribution in [3.05, 3.63) is 24.0 Å². The number of carbonyl (C=O) groups is 1. The first-order valence-electron chi connectivity index (χ1n) is 3.38. The second-order valence-electron chi connectivity index (χ2n) is 2.13. The van der Waals surface area contributed by atoms with Crippen molar-refractivity contribution in [2.45, 2.75) is 4.83 Å². The van der Waals surface area contributed by atoms with Crippen LogP contribution in [0.1, 0.15) is 10.5 Å². The maximum absolute atomic E-state index is 10.4. The number of rotatable bonds is 3. The Morgan fingerprint density at radius 3 is 3.08 bits per heavy atom. The average molecular weight is 230 g/mol. The number of hydrogen-bond donors (Lipinski definition) is 0. The molecule has 64 valence electrons. The fraction of sp³-hybridized carbons (Fsp3) is 0.250. The third-order valence-electron chi connectivity index (χ3n) is 1.40. The molecule has 0 saturated carbocycles. The van der Waals surface area contributed by atoms with E-state index in [-0.39, 0.29) is 0 Å². The van der Waals surface area contributed by atoms with Gasteiger partial charge in [-0.2, -0.15) is 0 Å². The van der Waals surface area contributed by atoms with E-state index in [1.807, 2.05) is 0 Å². The van der Waals surface area contributed by atoms with Gasteiger partial charge in [0.1, 0.15) is 22.6 Å². The van der Waals surface area contributed by atoms with Crippen LogP contribution in [-0.4, -0.2) is 18.4 Å². The average Bonchev–Trinajstić information content (AvgIpc) is 2.16. The summed E-state index contributed by atoms with van der Waals surface area (Å²) in [4.78, 5) is 14.1. The Hall–Kier alpha value is -0.900. The lowest BCUT2D eigenvalue weighted by Crippen LogP contribution is -1.98. The highest BCUT2D eigenvalue weighted by molar-refractivity contribution is 9.09. The minimum atomic E-state index is -0.395. The highest BCUT2D eigenvalue weighted by Gasteiger charge is 2.12. The van der Waals surface area contributed by atoms with Crippen LogP contribution in [0.2, 0.25) is 0 Å². The number of aldehydes is 1. The van der Waals surface area contributed by atoms with Crippen LogP contribution in [0, 0.1) is 0 Å². The van der Waals surface area contributed by atoms with E-state index in [1.165, 1.54) is 0 Å². The van der Waals surface area contributed by atoms with Crippen molar-refractivity contribution in [3.63, 3.8) is 0 Å². The van der Waals surface area contributed by atoms with Crippen molar-refractivity contribution < 1.29 is 9.53 Å². The Morgan fingerprint density at radius 1 is 1.75 bits per heavy atom. The number of methoxy groups -OCH3 is 1. The summed E-state index contributed by atoms with van der Waals surface area (Å²) >= 11 is 3.17. The zero-order valence-corrected chi connectivity index (χ0v) is 8.11. The van der Waals surface area contributed by atoms with Crippen LogP contribution in [0.4, 0.5) is 0 Å². The lowest BCUT2D eigenvalue weighted by Gasteiger charge is -2.06. The number of pyridine rings is 1. The van der Waals surface area contributed by atoms with E-state index in [9.17, 15) is 4.79 Å². The summed E-state index contributed by atoms with van der Waals surface area (Å²) in [6, 6.07) is 3.52. The van der Waals surface area contributed by atoms with Gasteiger partial charge in [0.25, 0.3) is 0 Å². The van der Waals surface area contributed by atoms with Crippen molar-refractivity contribution in [3.8, 4) is 5.75 Å². The van der Waals surface area contributed by atoms with Crippen molar-refractivity contribution in [2.75, 3.05) is 7.11 Å². The number of hydrogen-bond acceptors (Lipinski definition) is 3. The quantitative estimate of drug-likeness (QED) is 0.586. The normalized spacial score (nSPS) is 12.2. The summed E-state index contributed by atoms with van der Waals surface area (Å²) in [7, 11) is 1.55. The molecular weight excluding hydrogens is 222 g/mol. The Bertz CT molecular complexity index is 278. The zero-order valence-electron chi connectivity index (χ0n) is 6.53. The summed E-state index contributed by atoms with van der Waals surface area (Å²) in [5, 5.41) is 0. The predicted molar refractivity (Wildman–Crippen MR) is 48.5 cm³/mol. The van der Waals surface area contributed by atoms with E-state index in [0.717, 1.165) is 6.29 Å². The summed E-state index contributed by atoms with van der Waals surface area (Å²) in [6.07, 6.45) is 2.39. The molecule has 0 bridgehead atoms. The molecule has 4 heteroatoms. The molecule has 0 saturated heterocycles. The first-order valence-corrected chi connectivity index (χ1v) is 4.29. The van der Waals surface area contributed by atoms with Crippen LogP contribution in [0.5, 0.6) is 5.75 Å². The molecule has 0 aliphatic carbocycles. The Morgan fingerprint density at radius 2 is 2.50 bits per heavy atom. The SMILES string of the molecule is COc1cccnc1C(Br)C=O. The van der Waals surface area contributed by atoms with E-state index < -0.39 is 4.83 Å². The molecule has 12 heavy (non-hydrogen) atoms. The van der Waals surface area contributed by atoms with Gasteiger partial charge in [0.15, 0.2) is 0 Å². The van der Waals surface area contributed by atoms with Gasteiger partial charge in [-0.05, 0) is 12.1 Å². The molecule has 1 aromatic heterocycles. The first-order chi connectivity index (χ1) is 5.79. The summed E-state index contributed by atoms with van der Waals surface area (Å²) in [6.45, 7) is 0. The van der Waals surface area contributed by atoms with Crippen molar-refractivity contribution in [1.29, 1.82) is 0 Å². The minimum absolute atomic E-state index is 0.395. The largest absolute Gasteiger partial charge is 0.495 e. The Kier molecular flexibility index (Phi) is 3.22. The Balaban J connectivity index is 3.04. The molecule has 0 aliphatic heterocycles. The maximum atomic E-state index is 10.4. The molecule has 1 unspecified atom stereocenters. The fourth-order valence-electron chi connectivity index (χ4n) is 0.847. The highest BCUT2D eigenvalue weighted by atomic mass is 79.9. The molecule has 1 rings (SSSR count). The lowest BCUT2D eigenvalue weighted by molar-refractivity contribution is -0.107. The van der Waals surface area contributed by atoms with E-state index in [4.69, 9.17) is 4.74 Å². The molecule has 1 atom stereocenters. The molecule has 3 nitrogen and oxygen atoms in total. The predicted octanol–water partition coefficient (Wildman–Crippen LogP) is 1.73. The van der Waals surface area contributed by atoms with Crippen LogP contribution in [0.15, 0.2) is 18.3 Å². The van der Waals surface area contributed by atoms with Gasteiger partial charge in [0, 0.05) is 6.20 Å². The second-order valence-corrected chi connectivity index (χ2v) is 3.12. The standard InChI is InChI=1S/C8H8BrNO2/c1-12-7-3-2-4-10-8(7)6(9)5-11/h2-6H,1H3. The van der Waals surface area contributed by atoms with E-state index in [2.05, 4.69) is 20.9 Å². The topological polar surface area (TPSA) is 39.2 Å². The smallest absolute Gasteiger partial charge is 0.141 e. The van der Waals surface area contributed by atoms with Crippen molar-refractivity contribution >= 4 is 22.2 Å². The number of aromatic nitrogens is 1. The molecule has 0 fully saturated rings. The summed E-state index contributed by atoms with van der Waals surface area (Å²) < 4.78 is 5.02. The number of alkyl halides is 1. The van der Waals surface area contributed by atoms with E-state index in [0.29, 0.717) is 11.4 Å². The van der Waals surface area contributed by atoms with Gasteiger partial charge in [0.05, 0.1) is 7.11 Å². The molecule has 1 aromatic rings. The molecule has 0 radical (unpaired) electrons. The number of halogens is 1. The van der Waals surface area contributed by atoms with Gasteiger partial charge in [-0.15, -0.1) is 0 Å². The van der Waals surface area contributed by atoms with Crippen LogP contribution >= 0.6 is 15.9 Å². The molecule has 0 spiro atoms. The number of carbonyl (C=O) groups excluding carboxylic acids is 1. The lowest BCUT2D eigenvalue weighted by atomic mass is 10.2. The molecule has 0 aliphatic rings. The van der Waals surface area contributed by atoms with Gasteiger partial charge in [-0.25, -0.2) is 0 Å². The van der Waals surface area contributed by atoms with Crippen molar-refractivity contribution in [2.24, 2.45) is 0 Å². The molecule has 0 N–H and O–H groups in total. The number of ether oxygens (including phenoxy) is 1. The van der Waals surface area contributed by atoms with Gasteiger partial charge in [-0.1, -0.05) is 15.9 Å². The third-order valence-corrected chi connectivity index (χ3v) is 2.05. The van der Waals surface area contributed by atoms with Crippen LogP contribution in [-0.2, 0) is 4.79 Å². The minimum Gasteiger partial charge on any atom is -0.495 e. The van der Waals surface area contributed by atoms with Gasteiger partial charge in [0.2, 0.25) is 0 Å². The fourth-order valence-corrected chi connectivity index (χ4v) is 1.19. The van der Waals surface area contributed by atoms with Crippen LogP contribution in [0.3, 0.4) is 0 Å². The highest BCUT2D eigenvalue weighted by Crippen LogP contribution is 2.26. The zero-order chi connectivity index (χ0) is 8.97. The summed E-state index contributed by atoms with van der Waals surface area (Å²) in [5.41, 5.74) is 0.606. The van der Waals surface area contributed by atoms with Crippen molar-refractivity contribution in [1.82, 2.24) is 4.98 Å². The van der Waals surface area contributed by atoms with Gasteiger partial charge < -0.3 is 9.53 Å². The summed E-state index contributed by atoms with van der Waals surface area (Å²) in [5.74, 6) is 0.617. The molecule has 0 aromatic carbocycles. The molecular formula is C8H8BrNO2. The van der Waals surface area contributed by atoms with Crippen LogP contribution in [0.25, 0.3) is 0 Å². The second kappa shape index (κ2) is 4.21. The number of nitrogens with zero attached hydrogens (tertiary/aromatic N) is 1. The monoisotopic (exact) mass is 229 g/mol. The first kappa shape index (κ1) is 9.19. The van der Waals surface area contributed by atoms with E-state index >= 15 is 0 Å². The Labute approximate surface area is 78.9 Å². The van der Waals surface area contributed by atoms with Crippen LogP contribution < -0.4 is 4.74 Å². The maximum Gasteiger partial charge on any atom is 0.141 e. The molecule has 1 heterocycles. The third kappa shape index (κ3) is 1.82. The van der Waals surface area contributed by atoms with Gasteiger partial charge in [-0.3, -0.25) is 4.98 Å². The van der Waals surface area contributed by atoms with Gasteiger partial charge >= 0.3 is 0 Å². The van der Waals surface area contributed by atoms with E-state index in [1.54, 1.807) is 25.4 Å². The molecule has 0 amide bonds.